The van der Waals surface area contributed by atoms with E-state index < -0.39 is 33.4 Å². The fourth-order valence-electron chi connectivity index (χ4n) is 3.29. The number of anilines is 3. The summed E-state index contributed by atoms with van der Waals surface area (Å²) >= 11 is 0. The highest BCUT2D eigenvalue weighted by Gasteiger charge is 2.30. The molecule has 186 valence electrons. The molecule has 2 heterocycles. The van der Waals surface area contributed by atoms with Crippen LogP contribution in [0.1, 0.15) is 21.5 Å². The smallest absolute Gasteiger partial charge is 0.365 e. The normalized spacial score (nSPS) is 11.8. The minimum Gasteiger partial charge on any atom is -0.365 e. The van der Waals surface area contributed by atoms with Gasteiger partial charge in [0.1, 0.15) is 22.9 Å². The molecule has 0 radical (unpaired) electrons. The van der Waals surface area contributed by atoms with Crippen LogP contribution in [-0.2, 0) is 22.0 Å². The number of aromatic amines is 1. The number of primary amides is 1. The predicted molar refractivity (Wildman–Crippen MR) is 126 cm³/mol. The summed E-state index contributed by atoms with van der Waals surface area (Å²) in [7, 11) is -3.92. The van der Waals surface area contributed by atoms with E-state index in [-0.39, 0.29) is 28.3 Å². The first-order valence-corrected chi connectivity index (χ1v) is 11.9. The molecule has 2 aromatic heterocycles. The van der Waals surface area contributed by atoms with Gasteiger partial charge in [-0.3, -0.25) is 19.6 Å². The van der Waals surface area contributed by atoms with Crippen LogP contribution in [0.5, 0.6) is 0 Å². The van der Waals surface area contributed by atoms with Crippen LogP contribution >= 0.6 is 0 Å². The number of nitrogens with two attached hydrogens (primary N) is 1. The number of halogens is 3. The van der Waals surface area contributed by atoms with Crippen LogP contribution in [-0.4, -0.2) is 34.5 Å². The predicted octanol–water partition coefficient (Wildman–Crippen LogP) is 3.67. The third-order valence-electron chi connectivity index (χ3n) is 4.90. The number of benzene rings is 2. The third-order valence-corrected chi connectivity index (χ3v) is 6.16. The summed E-state index contributed by atoms with van der Waals surface area (Å²) < 4.78 is 65.5. The summed E-state index contributed by atoms with van der Waals surface area (Å²) in [5.74, 6) is -0.714. The van der Waals surface area contributed by atoms with E-state index in [1.54, 1.807) is 0 Å². The summed E-state index contributed by atoms with van der Waals surface area (Å²) in [6.07, 6.45) is -0.123. The zero-order valence-electron chi connectivity index (χ0n) is 18.2. The molecular formula is C22H18F3N7O3S. The van der Waals surface area contributed by atoms with E-state index in [2.05, 4.69) is 30.2 Å². The number of aromatic nitrogens is 4. The Morgan fingerprint density at radius 3 is 2.31 bits per heavy atom. The number of nitrogens with one attached hydrogen (secondary N) is 3. The molecule has 14 heteroatoms. The molecule has 0 fully saturated rings. The minimum absolute atomic E-state index is 0.0660. The van der Waals surface area contributed by atoms with E-state index in [0.29, 0.717) is 11.4 Å². The number of carbonyl (C=O) groups is 1. The Kier molecular flexibility index (Phi) is 6.61. The zero-order chi connectivity index (χ0) is 25.9. The standard InChI is InChI=1S/C22H18F3N7O3S/c23-22(24,25)15-5-1-13(2-6-15)12-36(34,35)32-16-7-3-14(4-8-16)19-18(20(26)33)21(31-30-19)29-17-11-27-9-10-28-17/h1-11,32H,12H2,(H2,26,33)(H2,28,29,30,31). The second-order valence-corrected chi connectivity index (χ2v) is 9.26. The number of hydrogen-bond donors (Lipinski definition) is 4. The molecule has 10 nitrogen and oxygen atoms in total. The number of amides is 1. The highest BCUT2D eigenvalue weighted by Crippen LogP contribution is 2.30. The molecular weight excluding hydrogens is 499 g/mol. The first kappa shape index (κ1) is 24.7. The van der Waals surface area contributed by atoms with Gasteiger partial charge in [0.15, 0.2) is 0 Å². The summed E-state index contributed by atoms with van der Waals surface area (Å²) in [4.78, 5) is 20.1. The van der Waals surface area contributed by atoms with Crippen molar-refractivity contribution in [3.05, 3.63) is 83.8 Å². The largest absolute Gasteiger partial charge is 0.416 e. The van der Waals surface area contributed by atoms with Crippen LogP contribution < -0.4 is 15.8 Å². The van der Waals surface area contributed by atoms with Gasteiger partial charge in [0, 0.05) is 23.6 Å². The van der Waals surface area contributed by atoms with Crippen molar-refractivity contribution in [1.82, 2.24) is 20.2 Å². The molecule has 0 spiro atoms. The van der Waals surface area contributed by atoms with Crippen LogP contribution in [0.25, 0.3) is 11.3 Å². The van der Waals surface area contributed by atoms with E-state index in [1.807, 2.05) is 0 Å². The van der Waals surface area contributed by atoms with Crippen molar-refractivity contribution in [1.29, 1.82) is 0 Å². The number of carbonyl (C=O) groups excluding carboxylic acids is 1. The first-order valence-electron chi connectivity index (χ1n) is 10.2. The Morgan fingerprint density at radius 1 is 1.03 bits per heavy atom. The van der Waals surface area contributed by atoms with Crippen LogP contribution in [0.3, 0.4) is 0 Å². The van der Waals surface area contributed by atoms with Crippen molar-refractivity contribution in [2.75, 3.05) is 10.0 Å². The SMILES string of the molecule is NC(=O)c1c(-c2ccc(NS(=O)(=O)Cc3ccc(C(F)(F)F)cc3)cc2)n[nH]c1Nc1cnccn1. The van der Waals surface area contributed by atoms with Gasteiger partial charge in [-0.05, 0) is 29.8 Å². The van der Waals surface area contributed by atoms with Crippen LogP contribution in [0, 0.1) is 0 Å². The van der Waals surface area contributed by atoms with E-state index in [1.165, 1.54) is 42.9 Å². The quantitative estimate of drug-likeness (QED) is 0.278. The minimum atomic E-state index is -4.51. The van der Waals surface area contributed by atoms with Gasteiger partial charge in [0.05, 0.1) is 17.5 Å². The van der Waals surface area contributed by atoms with Gasteiger partial charge in [-0.15, -0.1) is 0 Å². The summed E-state index contributed by atoms with van der Waals surface area (Å²) in [5.41, 5.74) is 5.84. The average molecular weight is 517 g/mol. The van der Waals surface area contributed by atoms with E-state index >= 15 is 0 Å². The van der Waals surface area contributed by atoms with E-state index in [0.717, 1.165) is 24.3 Å². The molecule has 36 heavy (non-hydrogen) atoms. The molecule has 0 bridgehead atoms. The topological polar surface area (TPSA) is 156 Å². The van der Waals surface area contributed by atoms with E-state index in [9.17, 15) is 26.4 Å². The maximum atomic E-state index is 12.7. The molecule has 0 aliphatic heterocycles. The second-order valence-electron chi connectivity index (χ2n) is 7.54. The summed E-state index contributed by atoms with van der Waals surface area (Å²) in [5, 5.41) is 9.69. The molecule has 0 aliphatic carbocycles. The summed E-state index contributed by atoms with van der Waals surface area (Å²) in [6.45, 7) is 0. The number of hydrogen-bond acceptors (Lipinski definition) is 7. The van der Waals surface area contributed by atoms with Crippen LogP contribution in [0.15, 0.2) is 67.1 Å². The maximum absolute atomic E-state index is 12.7. The molecule has 1 amide bonds. The lowest BCUT2D eigenvalue weighted by atomic mass is 10.1. The Morgan fingerprint density at radius 2 is 1.72 bits per heavy atom. The molecule has 5 N–H and O–H groups in total. The number of rotatable bonds is 8. The summed E-state index contributed by atoms with van der Waals surface area (Å²) in [6, 6.07) is 9.85. The maximum Gasteiger partial charge on any atom is 0.416 e. The Bertz CT molecular complexity index is 1470. The highest BCUT2D eigenvalue weighted by atomic mass is 32.2. The van der Waals surface area contributed by atoms with Crippen molar-refractivity contribution in [2.24, 2.45) is 5.73 Å². The van der Waals surface area contributed by atoms with Gasteiger partial charge in [0.25, 0.3) is 5.91 Å². The number of H-pyrrole nitrogens is 1. The molecule has 0 saturated carbocycles. The Labute approximate surface area is 202 Å². The van der Waals surface area contributed by atoms with Crippen molar-refractivity contribution in [2.45, 2.75) is 11.9 Å². The van der Waals surface area contributed by atoms with Crippen molar-refractivity contribution in [3.8, 4) is 11.3 Å². The number of nitrogens with zero attached hydrogens (tertiary/aromatic N) is 3. The lowest BCUT2D eigenvalue weighted by Gasteiger charge is -2.10. The number of alkyl halides is 3. The van der Waals surface area contributed by atoms with Gasteiger partial charge in [-0.25, -0.2) is 13.4 Å². The van der Waals surface area contributed by atoms with Gasteiger partial charge in [-0.1, -0.05) is 24.3 Å². The molecule has 4 rings (SSSR count). The van der Waals surface area contributed by atoms with Crippen molar-refractivity contribution < 1.29 is 26.4 Å². The second kappa shape index (κ2) is 9.65. The van der Waals surface area contributed by atoms with Crippen LogP contribution in [0.4, 0.5) is 30.5 Å². The molecule has 4 aromatic rings. The van der Waals surface area contributed by atoms with Crippen molar-refractivity contribution >= 4 is 33.3 Å². The molecule has 0 unspecified atom stereocenters. The van der Waals surface area contributed by atoms with Crippen LogP contribution in [0.2, 0.25) is 0 Å². The number of sulfonamides is 1. The zero-order valence-corrected chi connectivity index (χ0v) is 19.1. The highest BCUT2D eigenvalue weighted by molar-refractivity contribution is 7.91. The van der Waals surface area contributed by atoms with Gasteiger partial charge in [-0.2, -0.15) is 18.3 Å². The van der Waals surface area contributed by atoms with Crippen molar-refractivity contribution in [3.63, 3.8) is 0 Å². The molecule has 0 aliphatic rings. The fourth-order valence-corrected chi connectivity index (χ4v) is 4.49. The van der Waals surface area contributed by atoms with Gasteiger partial charge >= 0.3 is 6.18 Å². The van der Waals surface area contributed by atoms with Gasteiger partial charge in [0.2, 0.25) is 10.0 Å². The lowest BCUT2D eigenvalue weighted by Crippen LogP contribution is -2.15. The molecule has 2 aromatic carbocycles. The van der Waals surface area contributed by atoms with E-state index in [4.69, 9.17) is 5.73 Å². The van der Waals surface area contributed by atoms with Gasteiger partial charge < -0.3 is 11.1 Å². The molecule has 0 saturated heterocycles. The fraction of sp³-hybridized carbons (Fsp3) is 0.0909. The average Bonchev–Trinajstić information content (AvgIpc) is 3.23. The molecule has 0 atom stereocenters. The third kappa shape index (κ3) is 5.78. The Balaban J connectivity index is 1.49. The monoisotopic (exact) mass is 517 g/mol. The lowest BCUT2D eigenvalue weighted by molar-refractivity contribution is -0.137. The first-order chi connectivity index (χ1) is 17.0. The Hall–Kier alpha value is -4.46.